The number of carbonyl (C=O) groups excluding carboxylic acids is 1. The van der Waals surface area contributed by atoms with E-state index in [-0.39, 0.29) is 23.5 Å². The van der Waals surface area contributed by atoms with Crippen LogP contribution in [-0.2, 0) is 23.3 Å². The van der Waals surface area contributed by atoms with Gasteiger partial charge in [-0.3, -0.25) is 14.5 Å². The Hall–Kier alpha value is -4.51. The van der Waals surface area contributed by atoms with Crippen LogP contribution in [0.1, 0.15) is 44.2 Å². The van der Waals surface area contributed by atoms with E-state index < -0.39 is 0 Å². The number of nitrogens with zero attached hydrogens (tertiary/aromatic N) is 7. The molecule has 8 rings (SSSR count). The van der Waals surface area contributed by atoms with Gasteiger partial charge in [-0.2, -0.15) is 4.98 Å². The minimum Gasteiger partial charge on any atom is -0.480 e. The van der Waals surface area contributed by atoms with Gasteiger partial charge in [0.05, 0.1) is 6.54 Å². The van der Waals surface area contributed by atoms with Gasteiger partial charge in [-0.25, -0.2) is 19.3 Å². The monoisotopic (exact) mass is 578 g/mol. The van der Waals surface area contributed by atoms with Crippen molar-refractivity contribution >= 4 is 34.4 Å². The van der Waals surface area contributed by atoms with E-state index in [2.05, 4.69) is 60.4 Å². The van der Waals surface area contributed by atoms with Gasteiger partial charge in [0.1, 0.15) is 5.39 Å². The summed E-state index contributed by atoms with van der Waals surface area (Å²) in [4.78, 5) is 45.0. The van der Waals surface area contributed by atoms with Crippen molar-refractivity contribution in [2.24, 2.45) is 5.41 Å². The third-order valence-corrected chi connectivity index (χ3v) is 9.13. The zero-order valence-corrected chi connectivity index (χ0v) is 24.6. The zero-order chi connectivity index (χ0) is 29.5. The lowest BCUT2D eigenvalue weighted by molar-refractivity contribution is -0.121. The number of nitrogens with one attached hydrogen (secondary N) is 1. The summed E-state index contributed by atoms with van der Waals surface area (Å²) in [6.07, 6.45) is 8.85. The van der Waals surface area contributed by atoms with Crippen molar-refractivity contribution in [3.63, 3.8) is 0 Å². The number of aromatic nitrogens is 5. The van der Waals surface area contributed by atoms with Crippen molar-refractivity contribution in [2.75, 3.05) is 37.0 Å². The van der Waals surface area contributed by atoms with Gasteiger partial charge in [0.25, 0.3) is 11.5 Å². The van der Waals surface area contributed by atoms with E-state index in [4.69, 9.17) is 14.7 Å². The number of amides is 1. The van der Waals surface area contributed by atoms with Gasteiger partial charge in [0.15, 0.2) is 29.6 Å². The first-order valence-electron chi connectivity index (χ1n) is 14.9. The molecule has 0 unspecified atom stereocenters. The summed E-state index contributed by atoms with van der Waals surface area (Å²) in [5, 5.41) is 3.77. The van der Waals surface area contributed by atoms with E-state index in [1.54, 1.807) is 26.5 Å². The summed E-state index contributed by atoms with van der Waals surface area (Å²) in [6, 6.07) is 10.1. The lowest BCUT2D eigenvalue weighted by Gasteiger charge is -2.35. The third-order valence-electron chi connectivity index (χ3n) is 9.13. The fourth-order valence-corrected chi connectivity index (χ4v) is 6.88. The predicted molar refractivity (Wildman–Crippen MR) is 163 cm³/mol. The van der Waals surface area contributed by atoms with Gasteiger partial charge in [0, 0.05) is 36.9 Å². The molecule has 1 N–H and O–H groups in total. The Kier molecular flexibility index (Phi) is 5.62. The van der Waals surface area contributed by atoms with Crippen molar-refractivity contribution in [1.82, 2.24) is 29.2 Å². The van der Waals surface area contributed by atoms with Crippen LogP contribution in [0, 0.1) is 5.41 Å². The van der Waals surface area contributed by atoms with Crippen molar-refractivity contribution in [2.45, 2.75) is 51.6 Å². The van der Waals surface area contributed by atoms with Gasteiger partial charge in [-0.15, -0.1) is 0 Å². The summed E-state index contributed by atoms with van der Waals surface area (Å²) < 4.78 is 9.07. The Morgan fingerprint density at radius 3 is 2.72 bits per heavy atom. The molecule has 4 aliphatic rings. The van der Waals surface area contributed by atoms with E-state index in [0.29, 0.717) is 52.9 Å². The fraction of sp³-hybridized carbons (Fsp3) is 0.406. The average Bonchev–Trinajstić information content (AvgIpc) is 3.68. The maximum atomic E-state index is 13.7. The van der Waals surface area contributed by atoms with Crippen LogP contribution in [0.5, 0.6) is 5.75 Å². The van der Waals surface area contributed by atoms with Crippen molar-refractivity contribution in [1.29, 1.82) is 0 Å². The van der Waals surface area contributed by atoms with Crippen LogP contribution in [0.25, 0.3) is 16.9 Å². The Labute approximate surface area is 248 Å². The first-order chi connectivity index (χ1) is 20.7. The second kappa shape index (κ2) is 9.24. The predicted octanol–water partition coefficient (Wildman–Crippen LogP) is 3.91. The minimum absolute atomic E-state index is 0.0284. The molecule has 11 nitrogen and oxygen atoms in total. The molecule has 3 aliphatic heterocycles. The number of benzene rings is 1. The standard InChI is InChI=1S/C32H34N8O3/c1-31(2)10-4-5-13-39-29(42)22-15-33-30(34-21-6-7-23-20(14-21)16-37(3)19-32(23)11-12-32)36-27(22)40(39)25-9-8-24-28(35-25)38(18-31)26(41)17-43-24/h4-9,14-15H,10-13,16-19H2,1-3H3,(H,33,34,36)/b5-4-. The summed E-state index contributed by atoms with van der Waals surface area (Å²) in [6.45, 7) is 7.07. The van der Waals surface area contributed by atoms with E-state index in [1.807, 2.05) is 12.1 Å². The quantitative estimate of drug-likeness (QED) is 0.357. The SMILES string of the molecule is CN1Cc2cc(Nc3ncc4c(=O)n5n(c4n3)-c3ccc4c(n3)N(CC(C)(C)C/C=C\C5)C(=O)CO4)ccc2C2(CC2)C1. The van der Waals surface area contributed by atoms with Crippen LogP contribution in [0.15, 0.2) is 53.5 Å². The lowest BCUT2D eigenvalue weighted by atomic mass is 9.87. The number of likely N-dealkylation sites (N-methyl/N-ethyl adjacent to an activating group) is 1. The number of allylic oxidation sites excluding steroid dienone is 2. The van der Waals surface area contributed by atoms with E-state index in [1.165, 1.54) is 24.0 Å². The topological polar surface area (TPSA) is 110 Å². The number of carbonyl (C=O) groups is 1. The van der Waals surface area contributed by atoms with Crippen LogP contribution in [0.2, 0.25) is 0 Å². The number of hydrogen-bond acceptors (Lipinski definition) is 8. The summed E-state index contributed by atoms with van der Waals surface area (Å²) in [7, 11) is 2.18. The highest BCUT2D eigenvalue weighted by Gasteiger charge is 2.48. The average molecular weight is 579 g/mol. The highest BCUT2D eigenvalue weighted by atomic mass is 16.5. The van der Waals surface area contributed by atoms with Gasteiger partial charge in [-0.05, 0) is 67.1 Å². The number of anilines is 3. The molecule has 3 aromatic heterocycles. The molecule has 6 heterocycles. The molecule has 0 saturated heterocycles. The summed E-state index contributed by atoms with van der Waals surface area (Å²) >= 11 is 0. The second-order valence-corrected chi connectivity index (χ2v) is 13.2. The van der Waals surface area contributed by atoms with Crippen LogP contribution in [0.4, 0.5) is 17.5 Å². The van der Waals surface area contributed by atoms with Crippen LogP contribution >= 0.6 is 0 Å². The fourth-order valence-electron chi connectivity index (χ4n) is 6.88. The van der Waals surface area contributed by atoms with Crippen LogP contribution in [0.3, 0.4) is 0 Å². The Balaban J connectivity index is 1.23. The molecule has 11 heteroatoms. The third kappa shape index (κ3) is 4.32. The number of rotatable bonds is 2. The smallest absolute Gasteiger partial charge is 0.278 e. The van der Waals surface area contributed by atoms with Crippen molar-refractivity contribution in [3.05, 3.63) is 70.2 Å². The maximum Gasteiger partial charge on any atom is 0.278 e. The molecule has 0 atom stereocenters. The molecule has 43 heavy (non-hydrogen) atoms. The largest absolute Gasteiger partial charge is 0.480 e. The van der Waals surface area contributed by atoms with Gasteiger partial charge >= 0.3 is 0 Å². The van der Waals surface area contributed by atoms with E-state index in [0.717, 1.165) is 25.2 Å². The molecule has 1 aliphatic carbocycles. The minimum atomic E-state index is -0.210. The normalized spacial score (nSPS) is 20.9. The second-order valence-electron chi connectivity index (χ2n) is 13.2. The molecule has 2 bridgehead atoms. The Morgan fingerprint density at radius 1 is 1.02 bits per heavy atom. The molecule has 0 radical (unpaired) electrons. The Morgan fingerprint density at radius 2 is 1.88 bits per heavy atom. The molecular formula is C32H34N8O3. The molecular weight excluding hydrogens is 544 g/mol. The molecule has 1 spiro atoms. The summed E-state index contributed by atoms with van der Waals surface area (Å²) in [5.41, 5.74) is 4.03. The lowest BCUT2D eigenvalue weighted by Crippen LogP contribution is -2.44. The number of ether oxygens (including phenoxy) is 1. The van der Waals surface area contributed by atoms with Gasteiger partial charge in [-0.1, -0.05) is 32.1 Å². The Bertz CT molecular complexity index is 1900. The number of pyridine rings is 1. The molecule has 4 aromatic rings. The first-order valence-corrected chi connectivity index (χ1v) is 14.9. The molecule has 1 fully saturated rings. The molecule has 1 aromatic carbocycles. The van der Waals surface area contributed by atoms with E-state index >= 15 is 0 Å². The maximum absolute atomic E-state index is 13.7. The van der Waals surface area contributed by atoms with Crippen LogP contribution in [-0.4, -0.2) is 61.9 Å². The highest BCUT2D eigenvalue weighted by Crippen LogP contribution is 2.52. The van der Waals surface area contributed by atoms with Crippen LogP contribution < -0.4 is 20.5 Å². The first kappa shape index (κ1) is 26.1. The highest BCUT2D eigenvalue weighted by molar-refractivity contribution is 5.97. The molecule has 1 saturated carbocycles. The number of hydrogen-bond donors (Lipinski definition) is 1. The van der Waals surface area contributed by atoms with Gasteiger partial charge in [0.2, 0.25) is 5.95 Å². The van der Waals surface area contributed by atoms with E-state index in [9.17, 15) is 9.59 Å². The number of fused-ring (bicyclic) bond motifs is 7. The molecule has 1 amide bonds. The zero-order valence-electron chi connectivity index (χ0n) is 24.6. The summed E-state index contributed by atoms with van der Waals surface area (Å²) in [5.74, 6) is 1.71. The van der Waals surface area contributed by atoms with Crippen molar-refractivity contribution < 1.29 is 9.53 Å². The molecule has 220 valence electrons. The van der Waals surface area contributed by atoms with Gasteiger partial charge < -0.3 is 15.0 Å². The van der Waals surface area contributed by atoms with Crippen molar-refractivity contribution in [3.8, 4) is 11.6 Å².